The van der Waals surface area contributed by atoms with Crippen molar-refractivity contribution in [2.24, 2.45) is 0 Å². The summed E-state index contributed by atoms with van der Waals surface area (Å²) in [5.74, 6) is -0.928. The van der Waals surface area contributed by atoms with Crippen LogP contribution in [0, 0.1) is 0 Å². The predicted molar refractivity (Wildman–Crippen MR) is 28.2 cm³/mol. The van der Waals surface area contributed by atoms with E-state index in [0.29, 0.717) is 6.35 Å². The molecule has 1 atom stereocenters. The Balaban J connectivity index is 2.82. The minimum absolute atomic E-state index is 0.205. The third-order valence-corrected chi connectivity index (χ3v) is 0.579. The van der Waals surface area contributed by atoms with Crippen molar-refractivity contribution in [3.63, 3.8) is 0 Å². The second kappa shape index (κ2) is 4.03. The summed E-state index contributed by atoms with van der Waals surface area (Å²) >= 11 is 0. The first kappa shape index (κ1) is 6.86. The normalized spacial score (nSPS) is 8.71. The summed E-state index contributed by atoms with van der Waals surface area (Å²) in [4.78, 5) is 9.62. The predicted octanol–water partition coefficient (Wildman–Crippen LogP) is -0.0798. The average molecular weight is 122 g/mol. The number of aliphatic carboxylic acids is 1. The van der Waals surface area contributed by atoms with Crippen LogP contribution >= 0.6 is 9.24 Å². The van der Waals surface area contributed by atoms with Crippen LogP contribution in [0.1, 0.15) is 0 Å². The van der Waals surface area contributed by atoms with Crippen LogP contribution in [0.15, 0.2) is 0 Å². The fourth-order valence-electron chi connectivity index (χ4n) is 0.146. The molecule has 0 heterocycles. The van der Waals surface area contributed by atoms with Crippen LogP contribution in [0.2, 0.25) is 0 Å². The third kappa shape index (κ3) is 5.86. The molecule has 0 bridgehead atoms. The topological polar surface area (TPSA) is 46.5 Å². The standard InChI is InChI=1S/C3H7O3P/c4-3(5)1-6-2-7/h1-2,7H2,(H,4,5). The number of hydrogen-bond donors (Lipinski definition) is 1. The van der Waals surface area contributed by atoms with Crippen LogP contribution in [0.5, 0.6) is 0 Å². The van der Waals surface area contributed by atoms with E-state index in [0.717, 1.165) is 0 Å². The largest absolute Gasteiger partial charge is 0.480 e. The molecule has 0 amide bonds. The lowest BCUT2D eigenvalue weighted by Crippen LogP contribution is -2.04. The maximum atomic E-state index is 9.62. The number of carboxylic acid groups (broad SMARTS) is 1. The molecule has 0 rings (SSSR count). The Hall–Kier alpha value is -0.140. The van der Waals surface area contributed by atoms with Gasteiger partial charge < -0.3 is 9.84 Å². The SMILES string of the molecule is O=C(O)COCP. The number of carbonyl (C=O) groups is 1. The summed E-state index contributed by atoms with van der Waals surface area (Å²) in [5, 5.41) is 7.91. The fraction of sp³-hybridized carbons (Fsp3) is 0.667. The molecule has 42 valence electrons. The molecule has 0 saturated heterocycles. The quantitative estimate of drug-likeness (QED) is 0.532. The van der Waals surface area contributed by atoms with Crippen molar-refractivity contribution in [2.75, 3.05) is 13.0 Å². The summed E-state index contributed by atoms with van der Waals surface area (Å²) in [5.41, 5.74) is 0. The van der Waals surface area contributed by atoms with Gasteiger partial charge in [0.05, 0.1) is 6.35 Å². The van der Waals surface area contributed by atoms with Crippen LogP contribution < -0.4 is 0 Å². The van der Waals surface area contributed by atoms with Gasteiger partial charge in [0.2, 0.25) is 0 Å². The van der Waals surface area contributed by atoms with E-state index in [1.54, 1.807) is 0 Å². The Morgan fingerprint density at radius 3 is 2.57 bits per heavy atom. The lowest BCUT2D eigenvalue weighted by atomic mass is 10.8. The maximum absolute atomic E-state index is 9.62. The Labute approximate surface area is 43.9 Å². The van der Waals surface area contributed by atoms with Gasteiger partial charge in [-0.2, -0.15) is 0 Å². The zero-order valence-corrected chi connectivity index (χ0v) is 4.91. The van der Waals surface area contributed by atoms with Gasteiger partial charge in [0, 0.05) is 0 Å². The lowest BCUT2D eigenvalue weighted by Gasteiger charge is -1.90. The summed E-state index contributed by atoms with van der Waals surface area (Å²) in [7, 11) is 2.26. The first-order valence-electron chi connectivity index (χ1n) is 1.77. The fourth-order valence-corrected chi connectivity index (χ4v) is 0.264. The molecule has 4 heteroatoms. The van der Waals surface area contributed by atoms with Crippen molar-refractivity contribution in [1.82, 2.24) is 0 Å². The van der Waals surface area contributed by atoms with Gasteiger partial charge in [0.15, 0.2) is 0 Å². The van der Waals surface area contributed by atoms with Gasteiger partial charge in [0.25, 0.3) is 0 Å². The molecule has 7 heavy (non-hydrogen) atoms. The molecule has 0 aromatic carbocycles. The van der Waals surface area contributed by atoms with Gasteiger partial charge in [0.1, 0.15) is 6.61 Å². The minimum atomic E-state index is -0.928. The lowest BCUT2D eigenvalue weighted by molar-refractivity contribution is -0.141. The van der Waals surface area contributed by atoms with Crippen LogP contribution in [0.4, 0.5) is 0 Å². The van der Waals surface area contributed by atoms with E-state index in [1.165, 1.54) is 0 Å². The molecule has 0 aliphatic carbocycles. The highest BCUT2D eigenvalue weighted by Gasteiger charge is 1.90. The Bertz CT molecular complexity index is 63.2. The summed E-state index contributed by atoms with van der Waals surface area (Å²) < 4.78 is 4.46. The zero-order chi connectivity index (χ0) is 5.70. The highest BCUT2D eigenvalue weighted by Crippen LogP contribution is 1.80. The van der Waals surface area contributed by atoms with Crippen LogP contribution in [-0.4, -0.2) is 24.0 Å². The molecular weight excluding hydrogens is 115 g/mol. The van der Waals surface area contributed by atoms with Gasteiger partial charge in [-0.1, -0.05) is 0 Å². The number of hydrogen-bond acceptors (Lipinski definition) is 2. The van der Waals surface area contributed by atoms with Gasteiger partial charge >= 0.3 is 5.97 Å². The third-order valence-electron chi connectivity index (χ3n) is 0.343. The van der Waals surface area contributed by atoms with Crippen LogP contribution in [0.25, 0.3) is 0 Å². The molecule has 0 saturated carbocycles. The van der Waals surface area contributed by atoms with E-state index in [9.17, 15) is 4.79 Å². The van der Waals surface area contributed by atoms with Crippen molar-refractivity contribution < 1.29 is 14.6 Å². The highest BCUT2D eigenvalue weighted by atomic mass is 31.0. The Kier molecular flexibility index (Phi) is 3.95. The monoisotopic (exact) mass is 122 g/mol. The van der Waals surface area contributed by atoms with Crippen molar-refractivity contribution in [2.45, 2.75) is 0 Å². The van der Waals surface area contributed by atoms with E-state index >= 15 is 0 Å². The average Bonchev–Trinajstić information content (AvgIpc) is 1.61. The molecule has 1 N–H and O–H groups in total. The second-order valence-corrected chi connectivity index (χ2v) is 1.24. The first-order chi connectivity index (χ1) is 3.27. The van der Waals surface area contributed by atoms with E-state index < -0.39 is 5.97 Å². The molecule has 0 fully saturated rings. The van der Waals surface area contributed by atoms with Crippen molar-refractivity contribution >= 4 is 15.2 Å². The Morgan fingerprint density at radius 1 is 1.86 bits per heavy atom. The molecule has 0 aromatic rings. The van der Waals surface area contributed by atoms with Crippen molar-refractivity contribution in [1.29, 1.82) is 0 Å². The smallest absolute Gasteiger partial charge is 0.329 e. The zero-order valence-electron chi connectivity index (χ0n) is 3.76. The van der Waals surface area contributed by atoms with Gasteiger partial charge in [-0.05, 0) is 0 Å². The molecule has 0 spiro atoms. The van der Waals surface area contributed by atoms with Crippen LogP contribution in [-0.2, 0) is 9.53 Å². The molecule has 0 aliphatic rings. The van der Waals surface area contributed by atoms with Gasteiger partial charge in [-0.25, -0.2) is 4.79 Å². The van der Waals surface area contributed by atoms with E-state index in [2.05, 4.69) is 14.0 Å². The van der Waals surface area contributed by atoms with Gasteiger partial charge in [-0.3, -0.25) is 0 Å². The summed E-state index contributed by atoms with van der Waals surface area (Å²) in [6.07, 6.45) is 0.381. The maximum Gasteiger partial charge on any atom is 0.329 e. The Morgan fingerprint density at radius 2 is 2.43 bits per heavy atom. The molecule has 0 radical (unpaired) electrons. The van der Waals surface area contributed by atoms with E-state index in [-0.39, 0.29) is 6.61 Å². The molecule has 3 nitrogen and oxygen atoms in total. The minimum Gasteiger partial charge on any atom is -0.480 e. The van der Waals surface area contributed by atoms with E-state index in [1.807, 2.05) is 0 Å². The summed E-state index contributed by atoms with van der Waals surface area (Å²) in [6, 6.07) is 0. The number of carboxylic acids is 1. The number of rotatable bonds is 3. The highest BCUT2D eigenvalue weighted by molar-refractivity contribution is 7.16. The summed E-state index contributed by atoms with van der Waals surface area (Å²) in [6.45, 7) is -0.205. The van der Waals surface area contributed by atoms with E-state index in [4.69, 9.17) is 5.11 Å². The van der Waals surface area contributed by atoms with Crippen molar-refractivity contribution in [3.8, 4) is 0 Å². The molecule has 0 aliphatic heterocycles. The van der Waals surface area contributed by atoms with Crippen LogP contribution in [0.3, 0.4) is 0 Å². The van der Waals surface area contributed by atoms with Crippen molar-refractivity contribution in [3.05, 3.63) is 0 Å². The molecule has 1 unspecified atom stereocenters. The first-order valence-corrected chi connectivity index (χ1v) is 2.58. The molecular formula is C3H7O3P. The number of ether oxygens (including phenoxy) is 1. The van der Waals surface area contributed by atoms with Gasteiger partial charge in [-0.15, -0.1) is 9.24 Å². The second-order valence-electron chi connectivity index (χ2n) is 0.909. The molecule has 0 aromatic heterocycles.